The Morgan fingerprint density at radius 2 is 2.10 bits per heavy atom. The number of rotatable bonds is 4. The fraction of sp³-hybridized carbons (Fsp3) is 0.800. The molecule has 0 aromatic rings. The van der Waals surface area contributed by atoms with Gasteiger partial charge < -0.3 is 14.9 Å². The Morgan fingerprint density at radius 1 is 1.43 bits per heavy atom. The van der Waals surface area contributed by atoms with E-state index in [0.29, 0.717) is 26.1 Å². The van der Waals surface area contributed by atoms with E-state index in [2.05, 4.69) is 0 Å². The van der Waals surface area contributed by atoms with Gasteiger partial charge in [0.05, 0.1) is 11.3 Å². The van der Waals surface area contributed by atoms with Crippen molar-refractivity contribution in [2.24, 2.45) is 17.3 Å². The van der Waals surface area contributed by atoms with Gasteiger partial charge in [-0.1, -0.05) is 13.8 Å². The topological polar surface area (TPSA) is 77.9 Å². The predicted octanol–water partition coefficient (Wildman–Crippen LogP) is 0.814. The van der Waals surface area contributed by atoms with Crippen molar-refractivity contribution in [3.05, 3.63) is 0 Å². The maximum absolute atomic E-state index is 12.5. The van der Waals surface area contributed by atoms with Crippen LogP contribution in [0.1, 0.15) is 33.6 Å². The summed E-state index contributed by atoms with van der Waals surface area (Å²) in [6.07, 6.45) is 0.745. The normalized spacial score (nSPS) is 29.5. The number of carboxylic acid groups (broad SMARTS) is 1. The lowest BCUT2D eigenvalue weighted by atomic mass is 9.76. The average Bonchev–Trinajstić information content (AvgIpc) is 3.02. The minimum absolute atomic E-state index is 0.0170. The van der Waals surface area contributed by atoms with Crippen LogP contribution >= 0.6 is 0 Å². The summed E-state index contributed by atoms with van der Waals surface area (Å²) in [7, 11) is 0. The van der Waals surface area contributed by atoms with Crippen LogP contribution in [-0.2, 0) is 14.4 Å². The number of nitrogens with zero attached hydrogens (tertiary/aromatic N) is 2. The first kappa shape index (κ1) is 15.8. The second-order valence-electron chi connectivity index (χ2n) is 6.46. The van der Waals surface area contributed by atoms with Gasteiger partial charge in [-0.15, -0.1) is 0 Å². The van der Waals surface area contributed by atoms with Gasteiger partial charge in [-0.3, -0.25) is 14.4 Å². The standard InChI is InChI=1S/C15H24N2O4/c1-4-16-8-11(7-12(16)18)13(19)17-6-5-15(9-17,10(2)3)14(20)21/h10-11H,4-9H2,1-3H3,(H,20,21). The first-order chi connectivity index (χ1) is 9.81. The summed E-state index contributed by atoms with van der Waals surface area (Å²) in [6, 6.07) is 0. The van der Waals surface area contributed by atoms with E-state index in [0.717, 1.165) is 0 Å². The molecule has 0 aliphatic carbocycles. The Kier molecular flexibility index (Phi) is 4.25. The van der Waals surface area contributed by atoms with Crippen molar-refractivity contribution in [2.45, 2.75) is 33.6 Å². The highest BCUT2D eigenvalue weighted by Gasteiger charge is 2.49. The van der Waals surface area contributed by atoms with E-state index in [4.69, 9.17) is 0 Å². The average molecular weight is 296 g/mol. The van der Waals surface area contributed by atoms with Crippen LogP contribution in [0.15, 0.2) is 0 Å². The molecule has 0 aromatic carbocycles. The fourth-order valence-corrected chi connectivity index (χ4v) is 3.42. The van der Waals surface area contributed by atoms with Crippen LogP contribution in [0.3, 0.4) is 0 Å². The first-order valence-corrected chi connectivity index (χ1v) is 7.61. The molecule has 2 rings (SSSR count). The molecule has 2 aliphatic rings. The van der Waals surface area contributed by atoms with Crippen LogP contribution in [0.25, 0.3) is 0 Å². The summed E-state index contributed by atoms with van der Waals surface area (Å²) < 4.78 is 0. The van der Waals surface area contributed by atoms with Gasteiger partial charge in [0.1, 0.15) is 0 Å². The van der Waals surface area contributed by atoms with E-state index >= 15 is 0 Å². The van der Waals surface area contributed by atoms with Gasteiger partial charge in [-0.05, 0) is 19.3 Å². The third-order valence-corrected chi connectivity index (χ3v) is 5.09. The van der Waals surface area contributed by atoms with Crippen molar-refractivity contribution in [3.63, 3.8) is 0 Å². The van der Waals surface area contributed by atoms with Crippen molar-refractivity contribution >= 4 is 17.8 Å². The maximum atomic E-state index is 12.5. The number of hydrogen-bond acceptors (Lipinski definition) is 3. The SMILES string of the molecule is CCN1CC(C(=O)N2CCC(C(=O)O)(C(C)C)C2)CC1=O. The largest absolute Gasteiger partial charge is 0.481 e. The van der Waals surface area contributed by atoms with Gasteiger partial charge in [0.25, 0.3) is 0 Å². The van der Waals surface area contributed by atoms with E-state index in [1.807, 2.05) is 20.8 Å². The van der Waals surface area contributed by atoms with Crippen LogP contribution in [-0.4, -0.2) is 58.9 Å². The van der Waals surface area contributed by atoms with Gasteiger partial charge in [0.2, 0.25) is 11.8 Å². The lowest BCUT2D eigenvalue weighted by Crippen LogP contribution is -2.42. The third kappa shape index (κ3) is 2.63. The van der Waals surface area contributed by atoms with Crippen LogP contribution in [0, 0.1) is 17.3 Å². The zero-order valence-electron chi connectivity index (χ0n) is 13.0. The smallest absolute Gasteiger partial charge is 0.311 e. The van der Waals surface area contributed by atoms with E-state index in [9.17, 15) is 19.5 Å². The highest BCUT2D eigenvalue weighted by atomic mass is 16.4. The number of amides is 2. The zero-order valence-corrected chi connectivity index (χ0v) is 13.0. The Morgan fingerprint density at radius 3 is 2.52 bits per heavy atom. The van der Waals surface area contributed by atoms with E-state index < -0.39 is 11.4 Å². The summed E-state index contributed by atoms with van der Waals surface area (Å²) in [6.45, 7) is 7.49. The summed E-state index contributed by atoms with van der Waals surface area (Å²) in [5, 5.41) is 9.52. The highest BCUT2D eigenvalue weighted by Crippen LogP contribution is 2.39. The van der Waals surface area contributed by atoms with Crippen molar-refractivity contribution in [1.82, 2.24) is 9.80 Å². The molecule has 0 aromatic heterocycles. The van der Waals surface area contributed by atoms with Crippen LogP contribution in [0.5, 0.6) is 0 Å². The molecule has 0 saturated carbocycles. The van der Waals surface area contributed by atoms with Crippen molar-refractivity contribution in [1.29, 1.82) is 0 Å². The highest BCUT2D eigenvalue weighted by molar-refractivity contribution is 5.90. The molecule has 2 fully saturated rings. The van der Waals surface area contributed by atoms with Crippen LogP contribution < -0.4 is 0 Å². The van der Waals surface area contributed by atoms with E-state index in [-0.39, 0.29) is 36.6 Å². The number of likely N-dealkylation sites (tertiary alicyclic amines) is 2. The summed E-state index contributed by atoms with van der Waals surface area (Å²) in [5.41, 5.74) is -0.845. The number of aliphatic carboxylic acids is 1. The Bertz CT molecular complexity index is 463. The summed E-state index contributed by atoms with van der Waals surface area (Å²) in [5.74, 6) is -1.21. The van der Waals surface area contributed by atoms with Crippen molar-refractivity contribution < 1.29 is 19.5 Å². The number of carbonyl (C=O) groups is 3. The lowest BCUT2D eigenvalue weighted by molar-refractivity contribution is -0.151. The molecular weight excluding hydrogens is 272 g/mol. The molecule has 21 heavy (non-hydrogen) atoms. The molecule has 2 unspecified atom stereocenters. The molecular formula is C15H24N2O4. The van der Waals surface area contributed by atoms with Crippen molar-refractivity contribution in [2.75, 3.05) is 26.2 Å². The molecule has 2 aliphatic heterocycles. The number of carboxylic acids is 1. The molecule has 2 atom stereocenters. The maximum Gasteiger partial charge on any atom is 0.311 e. The second-order valence-corrected chi connectivity index (χ2v) is 6.46. The van der Waals surface area contributed by atoms with Crippen LogP contribution in [0.4, 0.5) is 0 Å². The van der Waals surface area contributed by atoms with Gasteiger partial charge in [-0.25, -0.2) is 0 Å². The molecule has 0 bridgehead atoms. The number of hydrogen-bond donors (Lipinski definition) is 1. The molecule has 0 spiro atoms. The van der Waals surface area contributed by atoms with Gasteiger partial charge in [0, 0.05) is 32.6 Å². The molecule has 2 saturated heterocycles. The molecule has 2 amide bonds. The Labute approximate surface area is 125 Å². The molecule has 6 heteroatoms. The minimum atomic E-state index is -0.845. The second kappa shape index (κ2) is 5.66. The quantitative estimate of drug-likeness (QED) is 0.833. The lowest BCUT2D eigenvalue weighted by Gasteiger charge is -2.29. The molecule has 2 heterocycles. The minimum Gasteiger partial charge on any atom is -0.481 e. The molecule has 6 nitrogen and oxygen atoms in total. The monoisotopic (exact) mass is 296 g/mol. The molecule has 1 N–H and O–H groups in total. The van der Waals surface area contributed by atoms with Crippen molar-refractivity contribution in [3.8, 4) is 0 Å². The summed E-state index contributed by atoms with van der Waals surface area (Å²) >= 11 is 0. The van der Waals surface area contributed by atoms with E-state index in [1.54, 1.807) is 9.80 Å². The van der Waals surface area contributed by atoms with Gasteiger partial charge in [0.15, 0.2) is 0 Å². The molecule has 118 valence electrons. The van der Waals surface area contributed by atoms with Gasteiger partial charge >= 0.3 is 5.97 Å². The predicted molar refractivity (Wildman–Crippen MR) is 76.5 cm³/mol. The number of carbonyl (C=O) groups excluding carboxylic acids is 2. The molecule has 0 radical (unpaired) electrons. The van der Waals surface area contributed by atoms with Gasteiger partial charge in [-0.2, -0.15) is 0 Å². The Balaban J connectivity index is 2.06. The van der Waals surface area contributed by atoms with Crippen LogP contribution in [0.2, 0.25) is 0 Å². The fourth-order valence-electron chi connectivity index (χ4n) is 3.42. The Hall–Kier alpha value is -1.59. The first-order valence-electron chi connectivity index (χ1n) is 7.61. The zero-order chi connectivity index (χ0) is 15.8. The third-order valence-electron chi connectivity index (χ3n) is 5.09. The van der Waals surface area contributed by atoms with E-state index in [1.165, 1.54) is 0 Å². The summed E-state index contributed by atoms with van der Waals surface area (Å²) in [4.78, 5) is 39.2.